The van der Waals surface area contributed by atoms with Crippen molar-refractivity contribution >= 4 is 0 Å². The third-order valence-electron chi connectivity index (χ3n) is 6.89. The molecule has 2 nitrogen and oxygen atoms in total. The lowest BCUT2D eigenvalue weighted by atomic mass is 9.91. The molecule has 0 N–H and O–H groups in total. The molecule has 156 valence electrons. The number of benzene rings is 2. The summed E-state index contributed by atoms with van der Waals surface area (Å²) < 4.78 is 0. The second-order valence-corrected chi connectivity index (χ2v) is 8.64. The van der Waals surface area contributed by atoms with Crippen LogP contribution in [0.25, 0.3) is 11.3 Å². The van der Waals surface area contributed by atoms with Crippen LogP contribution in [0.2, 0.25) is 0 Å². The first-order valence-corrected chi connectivity index (χ1v) is 11.4. The Hall–Kier alpha value is -2.45. The number of fused-ring (bicyclic) bond motifs is 1. The Labute approximate surface area is 182 Å². The molecule has 0 radical (unpaired) electrons. The number of hydrogen-bond donors (Lipinski definition) is 0. The summed E-state index contributed by atoms with van der Waals surface area (Å²) in [4.78, 5) is 7.74. The first kappa shape index (κ1) is 20.8. The third-order valence-corrected chi connectivity index (χ3v) is 6.89. The largest absolute Gasteiger partial charge is 0.292 e. The van der Waals surface area contributed by atoms with Gasteiger partial charge in [-0.1, -0.05) is 56.3 Å². The minimum Gasteiger partial charge on any atom is -0.292 e. The Kier molecular flexibility index (Phi) is 6.06. The quantitative estimate of drug-likeness (QED) is 0.481. The second-order valence-electron chi connectivity index (χ2n) is 8.64. The Bertz CT molecular complexity index is 1000. The summed E-state index contributed by atoms with van der Waals surface area (Å²) in [6, 6.07) is 18.4. The van der Waals surface area contributed by atoms with Crippen LogP contribution in [0.3, 0.4) is 0 Å². The highest BCUT2D eigenvalue weighted by atomic mass is 15.2. The fourth-order valence-corrected chi connectivity index (χ4v) is 5.04. The van der Waals surface area contributed by atoms with Crippen LogP contribution in [0.5, 0.6) is 0 Å². The van der Waals surface area contributed by atoms with Crippen LogP contribution >= 0.6 is 0 Å². The molecular formula is C28H34N2. The molecule has 2 heterocycles. The van der Waals surface area contributed by atoms with Crippen LogP contribution in [0.15, 0.2) is 48.5 Å². The van der Waals surface area contributed by atoms with Gasteiger partial charge < -0.3 is 0 Å². The molecule has 0 spiro atoms. The van der Waals surface area contributed by atoms with Crippen molar-refractivity contribution < 1.29 is 0 Å². The van der Waals surface area contributed by atoms with Gasteiger partial charge in [-0.2, -0.15) is 0 Å². The van der Waals surface area contributed by atoms with Crippen LogP contribution in [0, 0.1) is 13.8 Å². The smallest absolute Gasteiger partial charge is 0.0713 e. The first-order valence-electron chi connectivity index (χ1n) is 11.4. The number of pyridine rings is 1. The van der Waals surface area contributed by atoms with E-state index in [-0.39, 0.29) is 0 Å². The predicted molar refractivity (Wildman–Crippen MR) is 127 cm³/mol. The predicted octanol–water partition coefficient (Wildman–Crippen LogP) is 6.61. The van der Waals surface area contributed by atoms with Crippen LogP contribution in [0.1, 0.15) is 65.9 Å². The van der Waals surface area contributed by atoms with Gasteiger partial charge in [-0.05, 0) is 79.5 Å². The van der Waals surface area contributed by atoms with Crippen molar-refractivity contribution in [3.63, 3.8) is 0 Å². The summed E-state index contributed by atoms with van der Waals surface area (Å²) in [5.41, 5.74) is 12.2. The SMILES string of the molecule is CCc1cccc(CC)c1-c1cc(C)c(CN2CCc3ccccc3C2C)c(C)n1. The normalized spacial score (nSPS) is 16.5. The van der Waals surface area contributed by atoms with E-state index >= 15 is 0 Å². The van der Waals surface area contributed by atoms with Crippen LogP contribution in [0.4, 0.5) is 0 Å². The summed E-state index contributed by atoms with van der Waals surface area (Å²) in [5.74, 6) is 0. The van der Waals surface area contributed by atoms with E-state index in [0.717, 1.165) is 38.0 Å². The summed E-state index contributed by atoms with van der Waals surface area (Å²) in [5, 5.41) is 0. The van der Waals surface area contributed by atoms with Gasteiger partial charge in [0.05, 0.1) is 5.69 Å². The van der Waals surface area contributed by atoms with Gasteiger partial charge in [0.25, 0.3) is 0 Å². The third kappa shape index (κ3) is 3.81. The lowest BCUT2D eigenvalue weighted by Crippen LogP contribution is -2.34. The van der Waals surface area contributed by atoms with E-state index < -0.39 is 0 Å². The molecule has 2 heteroatoms. The van der Waals surface area contributed by atoms with E-state index in [1.54, 1.807) is 0 Å². The van der Waals surface area contributed by atoms with Crippen molar-refractivity contribution in [1.82, 2.24) is 9.88 Å². The number of hydrogen-bond acceptors (Lipinski definition) is 2. The zero-order valence-electron chi connectivity index (χ0n) is 19.1. The molecular weight excluding hydrogens is 364 g/mol. The maximum absolute atomic E-state index is 5.13. The molecule has 0 saturated heterocycles. The minimum atomic E-state index is 0.445. The second kappa shape index (κ2) is 8.73. The highest BCUT2D eigenvalue weighted by Gasteiger charge is 2.25. The molecule has 0 fully saturated rings. The van der Waals surface area contributed by atoms with Crippen LogP contribution in [-0.4, -0.2) is 16.4 Å². The molecule has 1 aliphatic heterocycles. The zero-order valence-corrected chi connectivity index (χ0v) is 19.1. The average molecular weight is 399 g/mol. The number of nitrogens with zero attached hydrogens (tertiary/aromatic N) is 2. The van der Waals surface area contributed by atoms with Gasteiger partial charge in [0.15, 0.2) is 0 Å². The Morgan fingerprint density at radius 1 is 0.967 bits per heavy atom. The van der Waals surface area contributed by atoms with E-state index in [1.165, 1.54) is 44.6 Å². The lowest BCUT2D eigenvalue weighted by Gasteiger charge is -2.36. The topological polar surface area (TPSA) is 16.1 Å². The van der Waals surface area contributed by atoms with Gasteiger partial charge in [-0.25, -0.2) is 0 Å². The van der Waals surface area contributed by atoms with Crippen LogP contribution in [-0.2, 0) is 25.8 Å². The minimum absolute atomic E-state index is 0.445. The Morgan fingerprint density at radius 2 is 1.67 bits per heavy atom. The highest BCUT2D eigenvalue weighted by Crippen LogP contribution is 2.33. The molecule has 3 aromatic rings. The Morgan fingerprint density at radius 3 is 2.33 bits per heavy atom. The lowest BCUT2D eigenvalue weighted by molar-refractivity contribution is 0.189. The van der Waals surface area contributed by atoms with Gasteiger partial charge in [0.1, 0.15) is 0 Å². The molecule has 0 aliphatic carbocycles. The molecule has 0 amide bonds. The van der Waals surface area contributed by atoms with Crippen molar-refractivity contribution in [2.45, 2.75) is 66.5 Å². The zero-order chi connectivity index (χ0) is 21.3. The standard InChI is InChI=1S/C28H34N2/c1-6-22-12-10-13-23(7-2)28(22)27-17-19(3)26(20(4)29-27)18-30-16-15-24-11-8-9-14-25(24)21(30)5/h8-14,17,21H,6-7,15-16,18H2,1-5H3. The van der Waals surface area contributed by atoms with Crippen LogP contribution < -0.4 is 0 Å². The van der Waals surface area contributed by atoms with E-state index in [9.17, 15) is 0 Å². The summed E-state index contributed by atoms with van der Waals surface area (Å²) in [7, 11) is 0. The maximum atomic E-state index is 5.13. The van der Waals surface area contributed by atoms with Crippen molar-refractivity contribution in [3.05, 3.63) is 87.6 Å². The number of aromatic nitrogens is 1. The molecule has 4 rings (SSSR count). The van der Waals surface area contributed by atoms with Gasteiger partial charge in [-0.15, -0.1) is 0 Å². The molecule has 1 atom stereocenters. The average Bonchev–Trinajstić information content (AvgIpc) is 2.77. The molecule has 1 aliphatic rings. The Balaban J connectivity index is 1.67. The summed E-state index contributed by atoms with van der Waals surface area (Å²) in [6.07, 6.45) is 3.21. The molecule has 1 unspecified atom stereocenters. The van der Waals surface area contributed by atoms with E-state index in [0.29, 0.717) is 6.04 Å². The molecule has 0 bridgehead atoms. The molecule has 30 heavy (non-hydrogen) atoms. The van der Waals surface area contributed by atoms with Crippen molar-refractivity contribution in [2.75, 3.05) is 6.54 Å². The summed E-state index contributed by atoms with van der Waals surface area (Å²) in [6.45, 7) is 13.3. The van der Waals surface area contributed by atoms with Crippen molar-refractivity contribution in [2.24, 2.45) is 0 Å². The van der Waals surface area contributed by atoms with Gasteiger partial charge in [0.2, 0.25) is 0 Å². The number of rotatable bonds is 5. The van der Waals surface area contributed by atoms with E-state index in [1.807, 2.05) is 0 Å². The fourth-order valence-electron chi connectivity index (χ4n) is 5.04. The van der Waals surface area contributed by atoms with E-state index in [2.05, 4.69) is 88.0 Å². The van der Waals surface area contributed by atoms with Gasteiger partial charge >= 0.3 is 0 Å². The first-order chi connectivity index (χ1) is 14.5. The maximum Gasteiger partial charge on any atom is 0.0713 e. The highest BCUT2D eigenvalue weighted by molar-refractivity contribution is 5.69. The van der Waals surface area contributed by atoms with Gasteiger partial charge in [0, 0.05) is 30.4 Å². The van der Waals surface area contributed by atoms with Crippen molar-refractivity contribution in [3.8, 4) is 11.3 Å². The molecule has 1 aromatic heterocycles. The molecule has 0 saturated carbocycles. The molecule has 2 aromatic carbocycles. The van der Waals surface area contributed by atoms with Gasteiger partial charge in [-0.3, -0.25) is 9.88 Å². The fraction of sp³-hybridized carbons (Fsp3) is 0.393. The monoisotopic (exact) mass is 398 g/mol. The number of aryl methyl sites for hydroxylation is 4. The summed E-state index contributed by atoms with van der Waals surface area (Å²) >= 11 is 0. The van der Waals surface area contributed by atoms with Crippen molar-refractivity contribution in [1.29, 1.82) is 0 Å². The van der Waals surface area contributed by atoms with E-state index in [4.69, 9.17) is 4.98 Å².